The maximum absolute atomic E-state index is 6.65. The van der Waals surface area contributed by atoms with E-state index in [1.165, 1.54) is 24.8 Å². The van der Waals surface area contributed by atoms with Crippen molar-refractivity contribution in [3.63, 3.8) is 0 Å². The van der Waals surface area contributed by atoms with E-state index in [9.17, 15) is 0 Å². The molecule has 1 aliphatic heterocycles. The van der Waals surface area contributed by atoms with Crippen LogP contribution in [0.1, 0.15) is 37.1 Å². The first-order valence-electron chi connectivity index (χ1n) is 6.79. The Morgan fingerprint density at radius 1 is 1.17 bits per heavy atom. The summed E-state index contributed by atoms with van der Waals surface area (Å²) in [7, 11) is 0. The highest BCUT2D eigenvalue weighted by Gasteiger charge is 2.31. The van der Waals surface area contributed by atoms with Crippen molar-refractivity contribution >= 4 is 11.6 Å². The first kappa shape index (κ1) is 12.2. The molecule has 0 bridgehead atoms. The smallest absolute Gasteiger partial charge is 0.161 e. The lowest BCUT2D eigenvalue weighted by molar-refractivity contribution is 0.171. The summed E-state index contributed by atoms with van der Waals surface area (Å²) < 4.78 is 11.2. The van der Waals surface area contributed by atoms with Gasteiger partial charge in [0.15, 0.2) is 11.5 Å². The van der Waals surface area contributed by atoms with E-state index in [-0.39, 0.29) is 5.38 Å². The number of ether oxygens (including phenoxy) is 2. The first-order chi connectivity index (χ1) is 8.75. The molecule has 0 amide bonds. The maximum atomic E-state index is 6.65. The summed E-state index contributed by atoms with van der Waals surface area (Å²) in [6.07, 6.45) is 3.85. The van der Waals surface area contributed by atoms with Crippen molar-refractivity contribution in [3.8, 4) is 11.5 Å². The lowest BCUT2D eigenvalue weighted by atomic mass is 9.90. The lowest BCUT2D eigenvalue weighted by Crippen LogP contribution is -2.16. The molecule has 3 unspecified atom stereocenters. The Morgan fingerprint density at radius 3 is 2.67 bits per heavy atom. The van der Waals surface area contributed by atoms with Crippen LogP contribution >= 0.6 is 11.6 Å². The zero-order valence-corrected chi connectivity index (χ0v) is 11.5. The highest BCUT2D eigenvalue weighted by Crippen LogP contribution is 2.45. The SMILES string of the molecule is CC1CCCC1C(Cl)c1ccc2c(c1)OCCO2. The van der Waals surface area contributed by atoms with Gasteiger partial charge in [0.2, 0.25) is 0 Å². The highest BCUT2D eigenvalue weighted by molar-refractivity contribution is 6.21. The van der Waals surface area contributed by atoms with Gasteiger partial charge in [-0.05, 0) is 36.0 Å². The standard InChI is InChI=1S/C15H19ClO2/c1-10-3-2-4-12(10)15(16)11-5-6-13-14(9-11)18-8-7-17-13/h5-6,9-10,12,15H,2-4,7-8H2,1H3. The van der Waals surface area contributed by atoms with E-state index in [2.05, 4.69) is 19.1 Å². The number of hydrogen-bond donors (Lipinski definition) is 0. The van der Waals surface area contributed by atoms with Crippen molar-refractivity contribution in [1.82, 2.24) is 0 Å². The monoisotopic (exact) mass is 266 g/mol. The van der Waals surface area contributed by atoms with Crippen LogP contribution < -0.4 is 9.47 Å². The zero-order valence-electron chi connectivity index (χ0n) is 10.7. The molecule has 1 aliphatic carbocycles. The molecule has 0 radical (unpaired) electrons. The van der Waals surface area contributed by atoms with Gasteiger partial charge in [0.25, 0.3) is 0 Å². The number of alkyl halides is 1. The van der Waals surface area contributed by atoms with Gasteiger partial charge in [-0.3, -0.25) is 0 Å². The molecule has 0 N–H and O–H groups in total. The molecule has 1 aromatic carbocycles. The quantitative estimate of drug-likeness (QED) is 0.748. The molecule has 3 rings (SSSR count). The maximum Gasteiger partial charge on any atom is 0.161 e. The van der Waals surface area contributed by atoms with Crippen molar-refractivity contribution in [2.75, 3.05) is 13.2 Å². The van der Waals surface area contributed by atoms with Crippen molar-refractivity contribution in [2.24, 2.45) is 11.8 Å². The summed E-state index contributed by atoms with van der Waals surface area (Å²) in [4.78, 5) is 0. The van der Waals surface area contributed by atoms with Gasteiger partial charge in [-0.1, -0.05) is 25.8 Å². The predicted molar refractivity (Wildman–Crippen MR) is 72.5 cm³/mol. The van der Waals surface area contributed by atoms with Crippen molar-refractivity contribution in [2.45, 2.75) is 31.6 Å². The summed E-state index contributed by atoms with van der Waals surface area (Å²) in [5.74, 6) is 3.00. The predicted octanol–water partition coefficient (Wildman–Crippen LogP) is 4.17. The van der Waals surface area contributed by atoms with Gasteiger partial charge in [0.05, 0.1) is 5.38 Å². The molecule has 1 saturated carbocycles. The third-order valence-electron chi connectivity index (χ3n) is 4.19. The molecule has 2 nitrogen and oxygen atoms in total. The van der Waals surface area contributed by atoms with Crippen LogP contribution in [-0.4, -0.2) is 13.2 Å². The first-order valence-corrected chi connectivity index (χ1v) is 7.23. The summed E-state index contributed by atoms with van der Waals surface area (Å²) in [6, 6.07) is 6.12. The molecule has 0 spiro atoms. The van der Waals surface area contributed by atoms with Gasteiger partial charge in [-0.25, -0.2) is 0 Å². The highest BCUT2D eigenvalue weighted by atomic mass is 35.5. The summed E-state index contributed by atoms with van der Waals surface area (Å²) in [5.41, 5.74) is 1.17. The molecular formula is C15H19ClO2. The minimum atomic E-state index is 0.0957. The summed E-state index contributed by atoms with van der Waals surface area (Å²) >= 11 is 6.65. The second-order valence-corrected chi connectivity index (χ2v) is 5.85. The third-order valence-corrected chi connectivity index (χ3v) is 4.76. The lowest BCUT2D eigenvalue weighted by Gasteiger charge is -2.24. The van der Waals surface area contributed by atoms with E-state index in [0.717, 1.165) is 17.4 Å². The Hall–Kier alpha value is -0.890. The number of fused-ring (bicyclic) bond motifs is 1. The van der Waals surface area contributed by atoms with Crippen LogP contribution in [0.2, 0.25) is 0 Å². The largest absolute Gasteiger partial charge is 0.486 e. The van der Waals surface area contributed by atoms with E-state index < -0.39 is 0 Å². The molecule has 18 heavy (non-hydrogen) atoms. The topological polar surface area (TPSA) is 18.5 Å². The minimum absolute atomic E-state index is 0.0957. The summed E-state index contributed by atoms with van der Waals surface area (Å²) in [6.45, 7) is 3.57. The van der Waals surface area contributed by atoms with Crippen molar-refractivity contribution in [3.05, 3.63) is 23.8 Å². The fourth-order valence-electron chi connectivity index (χ4n) is 3.09. The number of hydrogen-bond acceptors (Lipinski definition) is 2. The van der Waals surface area contributed by atoms with E-state index in [1.54, 1.807) is 0 Å². The second-order valence-electron chi connectivity index (χ2n) is 5.38. The molecule has 0 saturated heterocycles. The van der Waals surface area contributed by atoms with Gasteiger partial charge in [-0.2, -0.15) is 0 Å². The Kier molecular flexibility index (Phi) is 3.38. The summed E-state index contributed by atoms with van der Waals surface area (Å²) in [5, 5.41) is 0.0957. The third kappa shape index (κ3) is 2.18. The average molecular weight is 267 g/mol. The number of benzene rings is 1. The second kappa shape index (κ2) is 5.00. The number of rotatable bonds is 2. The van der Waals surface area contributed by atoms with E-state index in [0.29, 0.717) is 19.1 Å². The van der Waals surface area contributed by atoms with Gasteiger partial charge >= 0.3 is 0 Å². The van der Waals surface area contributed by atoms with Crippen molar-refractivity contribution < 1.29 is 9.47 Å². The molecule has 3 atom stereocenters. The van der Waals surface area contributed by atoms with Gasteiger partial charge < -0.3 is 9.47 Å². The van der Waals surface area contributed by atoms with Crippen LogP contribution in [0.5, 0.6) is 11.5 Å². The normalized spacial score (nSPS) is 28.1. The van der Waals surface area contributed by atoms with Crippen LogP contribution in [0.25, 0.3) is 0 Å². The van der Waals surface area contributed by atoms with Crippen molar-refractivity contribution in [1.29, 1.82) is 0 Å². The van der Waals surface area contributed by atoms with Crippen LogP contribution in [0, 0.1) is 11.8 Å². The molecular weight excluding hydrogens is 248 g/mol. The van der Waals surface area contributed by atoms with Crippen LogP contribution in [0.3, 0.4) is 0 Å². The van der Waals surface area contributed by atoms with Gasteiger partial charge in [0.1, 0.15) is 13.2 Å². The molecule has 98 valence electrons. The van der Waals surface area contributed by atoms with E-state index in [1.807, 2.05) is 6.07 Å². The molecule has 3 heteroatoms. The van der Waals surface area contributed by atoms with Crippen LogP contribution in [-0.2, 0) is 0 Å². The van der Waals surface area contributed by atoms with Gasteiger partial charge in [-0.15, -0.1) is 11.6 Å². The van der Waals surface area contributed by atoms with E-state index >= 15 is 0 Å². The zero-order chi connectivity index (χ0) is 12.5. The molecule has 1 aromatic rings. The fourth-order valence-corrected chi connectivity index (χ4v) is 3.60. The molecule has 1 heterocycles. The average Bonchev–Trinajstić information content (AvgIpc) is 2.83. The Labute approximate surface area is 113 Å². The molecule has 2 aliphatic rings. The van der Waals surface area contributed by atoms with Crippen LogP contribution in [0.4, 0.5) is 0 Å². The Bertz CT molecular complexity index is 433. The van der Waals surface area contributed by atoms with E-state index in [4.69, 9.17) is 21.1 Å². The fraction of sp³-hybridized carbons (Fsp3) is 0.600. The van der Waals surface area contributed by atoms with Gasteiger partial charge in [0, 0.05) is 0 Å². The minimum Gasteiger partial charge on any atom is -0.486 e. The Morgan fingerprint density at radius 2 is 1.94 bits per heavy atom. The molecule has 1 fully saturated rings. The van der Waals surface area contributed by atoms with Crippen LogP contribution in [0.15, 0.2) is 18.2 Å². The number of halogens is 1. The Balaban J connectivity index is 1.83. The molecule has 0 aromatic heterocycles.